The second-order valence-electron chi connectivity index (χ2n) is 3.73. The molecule has 1 fully saturated rings. The summed E-state index contributed by atoms with van der Waals surface area (Å²) >= 11 is 0. The number of piperidine rings is 1. The van der Waals surface area contributed by atoms with Gasteiger partial charge in [-0.3, -0.25) is 9.63 Å². The number of hydroxylamine groups is 2. The van der Waals surface area contributed by atoms with Gasteiger partial charge in [0.1, 0.15) is 0 Å². The second kappa shape index (κ2) is 5.32. The summed E-state index contributed by atoms with van der Waals surface area (Å²) in [5.74, 6) is 0.269. The Hall–Kier alpha value is -0.610. The lowest BCUT2D eigenvalue weighted by molar-refractivity contribution is -0.174. The van der Waals surface area contributed by atoms with E-state index in [1.807, 2.05) is 0 Å². The van der Waals surface area contributed by atoms with Gasteiger partial charge in [0.05, 0.1) is 7.11 Å². The quantitative estimate of drug-likeness (QED) is 0.630. The van der Waals surface area contributed by atoms with Crippen LogP contribution in [0.3, 0.4) is 0 Å². The summed E-state index contributed by atoms with van der Waals surface area (Å²) in [6.45, 7) is 5.30. The van der Waals surface area contributed by atoms with Crippen LogP contribution in [0.1, 0.15) is 19.8 Å². The third-order valence-electron chi connectivity index (χ3n) is 2.97. The van der Waals surface area contributed by atoms with Gasteiger partial charge in [0.15, 0.2) is 0 Å². The predicted octanol–water partition coefficient (Wildman–Crippen LogP) is 0.738. The zero-order chi connectivity index (χ0) is 10.6. The van der Waals surface area contributed by atoms with Crippen LogP contribution in [0.2, 0.25) is 0 Å². The van der Waals surface area contributed by atoms with E-state index >= 15 is 0 Å². The first-order valence-corrected chi connectivity index (χ1v) is 5.23. The second-order valence-corrected chi connectivity index (χ2v) is 3.73. The number of hydrogen-bond donors (Lipinski definition) is 0. The molecule has 0 bridgehead atoms. The average molecular weight is 200 g/mol. The van der Waals surface area contributed by atoms with Crippen LogP contribution < -0.4 is 0 Å². The monoisotopic (exact) mass is 200 g/mol. The van der Waals surface area contributed by atoms with Crippen LogP contribution in [0.4, 0.5) is 0 Å². The minimum absolute atomic E-state index is 0.114. The Labute approximate surface area is 85.8 Å². The Morgan fingerprint density at radius 2 is 2.07 bits per heavy atom. The first-order chi connectivity index (χ1) is 6.69. The van der Waals surface area contributed by atoms with Gasteiger partial charge in [0.2, 0.25) is 5.91 Å². The molecule has 0 unspecified atom stereocenters. The highest BCUT2D eigenvalue weighted by Gasteiger charge is 2.26. The molecule has 4 nitrogen and oxygen atoms in total. The fourth-order valence-corrected chi connectivity index (χ4v) is 1.84. The molecule has 0 atom stereocenters. The average Bonchev–Trinajstić information content (AvgIpc) is 2.27. The van der Waals surface area contributed by atoms with Gasteiger partial charge in [0, 0.05) is 13.0 Å². The summed E-state index contributed by atoms with van der Waals surface area (Å²) < 4.78 is 0. The zero-order valence-electron chi connectivity index (χ0n) is 9.32. The van der Waals surface area contributed by atoms with E-state index in [0.717, 1.165) is 32.5 Å². The molecule has 0 aromatic rings. The summed E-state index contributed by atoms with van der Waals surface area (Å²) in [7, 11) is 3.20. The maximum atomic E-state index is 11.7. The Morgan fingerprint density at radius 3 is 2.50 bits per heavy atom. The Balaban J connectivity index is 2.37. The minimum atomic E-state index is 0.114. The molecule has 0 radical (unpaired) electrons. The zero-order valence-corrected chi connectivity index (χ0v) is 9.32. The van der Waals surface area contributed by atoms with Crippen molar-refractivity contribution in [1.82, 2.24) is 9.96 Å². The van der Waals surface area contributed by atoms with Crippen LogP contribution in [0.15, 0.2) is 0 Å². The number of carbonyl (C=O) groups is 1. The Morgan fingerprint density at radius 1 is 1.50 bits per heavy atom. The summed E-state index contributed by atoms with van der Waals surface area (Å²) in [5.41, 5.74) is 0. The molecule has 4 heteroatoms. The van der Waals surface area contributed by atoms with E-state index < -0.39 is 0 Å². The molecule has 0 aromatic carbocycles. The van der Waals surface area contributed by atoms with Crippen LogP contribution in [-0.4, -0.2) is 49.7 Å². The summed E-state index contributed by atoms with van der Waals surface area (Å²) in [6, 6.07) is 0. The third kappa shape index (κ3) is 2.69. The van der Waals surface area contributed by atoms with Crippen LogP contribution >= 0.6 is 0 Å². The topological polar surface area (TPSA) is 32.8 Å². The molecular weight excluding hydrogens is 180 g/mol. The molecule has 82 valence electrons. The van der Waals surface area contributed by atoms with Crippen molar-refractivity contribution in [2.24, 2.45) is 5.92 Å². The van der Waals surface area contributed by atoms with E-state index in [0.29, 0.717) is 0 Å². The molecule has 1 rings (SSSR count). The van der Waals surface area contributed by atoms with Crippen molar-refractivity contribution in [2.75, 3.05) is 33.8 Å². The van der Waals surface area contributed by atoms with Gasteiger partial charge in [-0.2, -0.15) is 0 Å². The summed E-state index contributed by atoms with van der Waals surface area (Å²) in [6.07, 6.45) is 1.92. The standard InChI is InChI=1S/C10H20N2O2/c1-4-12-7-5-9(6-8-12)10(13)11(2)14-3/h9H,4-8H2,1-3H3. The Kier molecular flexibility index (Phi) is 4.35. The highest BCUT2D eigenvalue weighted by Crippen LogP contribution is 2.18. The van der Waals surface area contributed by atoms with E-state index in [2.05, 4.69) is 11.8 Å². The van der Waals surface area contributed by atoms with E-state index in [4.69, 9.17) is 4.84 Å². The van der Waals surface area contributed by atoms with Crippen molar-refractivity contribution in [3.63, 3.8) is 0 Å². The van der Waals surface area contributed by atoms with Crippen molar-refractivity contribution in [3.8, 4) is 0 Å². The van der Waals surface area contributed by atoms with Gasteiger partial charge in [0.25, 0.3) is 0 Å². The van der Waals surface area contributed by atoms with Gasteiger partial charge in [-0.1, -0.05) is 6.92 Å². The number of likely N-dealkylation sites (tertiary alicyclic amines) is 1. The van der Waals surface area contributed by atoms with Crippen LogP contribution in [-0.2, 0) is 9.63 Å². The molecular formula is C10H20N2O2. The van der Waals surface area contributed by atoms with E-state index in [9.17, 15) is 4.79 Å². The molecule has 1 saturated heterocycles. The normalized spacial score (nSPS) is 19.6. The third-order valence-corrected chi connectivity index (χ3v) is 2.97. The molecule has 0 aliphatic carbocycles. The van der Waals surface area contributed by atoms with E-state index in [1.165, 1.54) is 12.2 Å². The van der Waals surface area contributed by atoms with Crippen LogP contribution in [0.25, 0.3) is 0 Å². The van der Waals surface area contributed by atoms with Crippen molar-refractivity contribution in [2.45, 2.75) is 19.8 Å². The number of rotatable bonds is 3. The minimum Gasteiger partial charge on any atom is -0.304 e. The maximum Gasteiger partial charge on any atom is 0.249 e. The first kappa shape index (κ1) is 11.5. The SMILES string of the molecule is CCN1CCC(C(=O)N(C)OC)CC1. The highest BCUT2D eigenvalue weighted by molar-refractivity contribution is 5.77. The molecule has 0 spiro atoms. The van der Waals surface area contributed by atoms with Crippen molar-refractivity contribution >= 4 is 5.91 Å². The van der Waals surface area contributed by atoms with Gasteiger partial charge in [-0.25, -0.2) is 5.06 Å². The molecule has 0 aromatic heterocycles. The lowest BCUT2D eigenvalue weighted by Crippen LogP contribution is -2.40. The molecule has 0 saturated carbocycles. The van der Waals surface area contributed by atoms with Crippen LogP contribution in [0.5, 0.6) is 0 Å². The number of amides is 1. The molecule has 1 heterocycles. The highest BCUT2D eigenvalue weighted by atomic mass is 16.7. The molecule has 0 N–H and O–H groups in total. The largest absolute Gasteiger partial charge is 0.304 e. The number of hydrogen-bond acceptors (Lipinski definition) is 3. The lowest BCUT2D eigenvalue weighted by atomic mass is 9.96. The van der Waals surface area contributed by atoms with E-state index in [-0.39, 0.29) is 11.8 Å². The molecule has 1 aliphatic heterocycles. The fourth-order valence-electron chi connectivity index (χ4n) is 1.84. The van der Waals surface area contributed by atoms with E-state index in [1.54, 1.807) is 7.05 Å². The van der Waals surface area contributed by atoms with Crippen molar-refractivity contribution in [3.05, 3.63) is 0 Å². The molecule has 1 amide bonds. The smallest absolute Gasteiger partial charge is 0.249 e. The van der Waals surface area contributed by atoms with Gasteiger partial charge >= 0.3 is 0 Å². The first-order valence-electron chi connectivity index (χ1n) is 5.23. The van der Waals surface area contributed by atoms with Gasteiger partial charge in [-0.15, -0.1) is 0 Å². The molecule has 1 aliphatic rings. The summed E-state index contributed by atoms with van der Waals surface area (Å²) in [5, 5.41) is 1.34. The predicted molar refractivity (Wildman–Crippen MR) is 54.6 cm³/mol. The van der Waals surface area contributed by atoms with Crippen molar-refractivity contribution < 1.29 is 9.63 Å². The summed E-state index contributed by atoms with van der Waals surface area (Å²) in [4.78, 5) is 19.0. The van der Waals surface area contributed by atoms with Crippen LogP contribution in [0, 0.1) is 5.92 Å². The Bertz CT molecular complexity index is 189. The van der Waals surface area contributed by atoms with Gasteiger partial charge in [-0.05, 0) is 32.5 Å². The number of carbonyl (C=O) groups excluding carboxylic acids is 1. The molecule has 14 heavy (non-hydrogen) atoms. The number of nitrogens with zero attached hydrogens (tertiary/aromatic N) is 2. The van der Waals surface area contributed by atoms with Crippen molar-refractivity contribution in [1.29, 1.82) is 0 Å². The lowest BCUT2D eigenvalue weighted by Gasteiger charge is -2.31. The van der Waals surface area contributed by atoms with Gasteiger partial charge < -0.3 is 4.90 Å². The maximum absolute atomic E-state index is 11.7. The fraction of sp³-hybridized carbons (Fsp3) is 0.900.